The first-order valence-corrected chi connectivity index (χ1v) is 21.5. The van der Waals surface area contributed by atoms with Gasteiger partial charge in [0.2, 0.25) is 0 Å². The lowest BCUT2D eigenvalue weighted by atomic mass is 9.67. The molecule has 11 aromatic rings. The molecule has 0 spiro atoms. The van der Waals surface area contributed by atoms with Gasteiger partial charge in [-0.05, 0) is 113 Å². The Morgan fingerprint density at radius 1 is 0.258 bits per heavy atom. The molecule has 1 nitrogen and oxygen atoms in total. The summed E-state index contributed by atoms with van der Waals surface area (Å²) in [6.07, 6.45) is 0. The summed E-state index contributed by atoms with van der Waals surface area (Å²) in [4.78, 5) is 2.49. The molecule has 0 saturated carbocycles. The lowest BCUT2D eigenvalue weighted by Gasteiger charge is -2.35. The molecule has 0 amide bonds. The summed E-state index contributed by atoms with van der Waals surface area (Å²) in [6, 6.07) is 91.7. The fourth-order valence-electron chi connectivity index (χ4n) is 10.4. The second-order valence-corrected chi connectivity index (χ2v) is 16.4. The van der Waals surface area contributed by atoms with Crippen LogP contribution in [0.3, 0.4) is 0 Å². The molecule has 0 unspecified atom stereocenters. The molecule has 0 bridgehead atoms. The fraction of sp³-hybridized carbons (Fsp3) is 0.0164. The van der Waals surface area contributed by atoms with E-state index in [1.54, 1.807) is 0 Å². The van der Waals surface area contributed by atoms with Crippen LogP contribution in [0, 0.1) is 0 Å². The van der Waals surface area contributed by atoms with Crippen LogP contribution >= 0.6 is 0 Å². The highest BCUT2D eigenvalue weighted by atomic mass is 15.1. The van der Waals surface area contributed by atoms with Gasteiger partial charge in [0.25, 0.3) is 0 Å². The van der Waals surface area contributed by atoms with Gasteiger partial charge in [0.05, 0.1) is 11.1 Å². The van der Waals surface area contributed by atoms with Crippen LogP contribution in [0.5, 0.6) is 0 Å². The monoisotopic (exact) mass is 787 g/mol. The number of rotatable bonds is 7. The zero-order valence-electron chi connectivity index (χ0n) is 34.1. The summed E-state index contributed by atoms with van der Waals surface area (Å²) in [5.74, 6) is 0. The average molecular weight is 788 g/mol. The average Bonchev–Trinajstić information content (AvgIpc) is 3.65. The lowest BCUT2D eigenvalue weighted by Crippen LogP contribution is -2.28. The topological polar surface area (TPSA) is 3.24 Å². The summed E-state index contributed by atoms with van der Waals surface area (Å²) in [5, 5.41) is 7.56. The van der Waals surface area contributed by atoms with E-state index in [1.165, 1.54) is 82.4 Å². The van der Waals surface area contributed by atoms with Crippen molar-refractivity contribution in [3.8, 4) is 33.4 Å². The molecule has 12 rings (SSSR count). The number of para-hydroxylation sites is 1. The lowest BCUT2D eigenvalue weighted by molar-refractivity contribution is 0.768. The highest BCUT2D eigenvalue weighted by molar-refractivity contribution is 6.25. The van der Waals surface area contributed by atoms with Crippen molar-refractivity contribution in [2.75, 3.05) is 4.90 Å². The van der Waals surface area contributed by atoms with Gasteiger partial charge in [0.1, 0.15) is 0 Å². The van der Waals surface area contributed by atoms with E-state index in [0.29, 0.717) is 0 Å². The van der Waals surface area contributed by atoms with Gasteiger partial charge in [-0.1, -0.05) is 218 Å². The third-order valence-electron chi connectivity index (χ3n) is 13.1. The molecule has 0 radical (unpaired) electrons. The van der Waals surface area contributed by atoms with E-state index in [4.69, 9.17) is 0 Å². The van der Waals surface area contributed by atoms with Gasteiger partial charge in [0.15, 0.2) is 0 Å². The van der Waals surface area contributed by atoms with E-state index in [1.807, 2.05) is 0 Å². The summed E-state index contributed by atoms with van der Waals surface area (Å²) >= 11 is 0. The van der Waals surface area contributed by atoms with Gasteiger partial charge in [-0.2, -0.15) is 0 Å². The SMILES string of the molecule is c1ccc(-c2ccc(-c3ccccc3N(c3ccc4c(c3)C(c3ccccc3)(c3ccccc3)c3ccccc3-4)c3ccc4c5ccccc5c5ccccc5c4c3)cc2)cc1. The molecular weight excluding hydrogens is 747 g/mol. The van der Waals surface area contributed by atoms with Crippen LogP contribution in [0.4, 0.5) is 17.1 Å². The second kappa shape index (κ2) is 14.6. The number of anilines is 3. The molecule has 1 aliphatic rings. The standard InChI is InChI=1S/C61H41N/c1-4-18-42(19-5-1)43-32-34-44(35-33-43)49-24-15-17-31-60(49)62(47-36-38-54-52-27-11-10-25-50(52)51-26-12-13-28-53(51)57(54)40-47)48-37-39-56-55-29-14-16-30-58(55)61(59(56)41-48,45-20-6-2-7-21-45)46-22-8-3-9-23-46/h1-41H. The van der Waals surface area contributed by atoms with Crippen molar-refractivity contribution in [3.63, 3.8) is 0 Å². The Balaban J connectivity index is 1.13. The molecule has 0 heterocycles. The predicted molar refractivity (Wildman–Crippen MR) is 262 cm³/mol. The van der Waals surface area contributed by atoms with E-state index in [9.17, 15) is 0 Å². The van der Waals surface area contributed by atoms with E-state index in [2.05, 4.69) is 254 Å². The third kappa shape index (κ3) is 5.56. The first kappa shape index (κ1) is 35.9. The second-order valence-electron chi connectivity index (χ2n) is 16.4. The van der Waals surface area contributed by atoms with Crippen molar-refractivity contribution >= 4 is 49.4 Å². The van der Waals surface area contributed by atoms with Gasteiger partial charge >= 0.3 is 0 Å². The van der Waals surface area contributed by atoms with Crippen molar-refractivity contribution < 1.29 is 0 Å². The largest absolute Gasteiger partial charge is 0.310 e. The molecule has 1 aliphatic carbocycles. The maximum absolute atomic E-state index is 2.49. The molecule has 0 atom stereocenters. The normalized spacial score (nSPS) is 12.6. The Labute approximate surface area is 362 Å². The Kier molecular flexibility index (Phi) is 8.47. The highest BCUT2D eigenvalue weighted by Crippen LogP contribution is 2.57. The molecule has 1 heteroatoms. The zero-order valence-corrected chi connectivity index (χ0v) is 34.1. The predicted octanol–water partition coefficient (Wildman–Crippen LogP) is 16.3. The van der Waals surface area contributed by atoms with E-state index in [-0.39, 0.29) is 0 Å². The van der Waals surface area contributed by atoms with Crippen LogP contribution in [0.25, 0.3) is 65.7 Å². The molecule has 0 saturated heterocycles. The molecule has 0 fully saturated rings. The molecule has 0 aromatic heterocycles. The summed E-state index contributed by atoms with van der Waals surface area (Å²) in [6.45, 7) is 0. The van der Waals surface area contributed by atoms with Gasteiger partial charge in [-0.3, -0.25) is 0 Å². The number of benzene rings is 11. The van der Waals surface area contributed by atoms with Crippen LogP contribution in [0.1, 0.15) is 22.3 Å². The van der Waals surface area contributed by atoms with Crippen LogP contribution < -0.4 is 4.90 Å². The van der Waals surface area contributed by atoms with Crippen molar-refractivity contribution in [3.05, 3.63) is 271 Å². The van der Waals surface area contributed by atoms with Crippen LogP contribution in [-0.2, 0) is 5.41 Å². The van der Waals surface area contributed by atoms with Gasteiger partial charge < -0.3 is 4.90 Å². The van der Waals surface area contributed by atoms with Crippen LogP contribution in [0.2, 0.25) is 0 Å². The Morgan fingerprint density at radius 2 is 0.694 bits per heavy atom. The smallest absolute Gasteiger partial charge is 0.0714 e. The van der Waals surface area contributed by atoms with Gasteiger partial charge in [-0.25, -0.2) is 0 Å². The number of nitrogens with zero attached hydrogens (tertiary/aromatic N) is 1. The Morgan fingerprint density at radius 3 is 1.34 bits per heavy atom. The van der Waals surface area contributed by atoms with E-state index in [0.717, 1.165) is 22.6 Å². The minimum Gasteiger partial charge on any atom is -0.310 e. The summed E-state index contributed by atoms with van der Waals surface area (Å²) in [7, 11) is 0. The minimum atomic E-state index is -0.526. The molecule has 11 aromatic carbocycles. The fourth-order valence-corrected chi connectivity index (χ4v) is 10.4. The molecule has 62 heavy (non-hydrogen) atoms. The van der Waals surface area contributed by atoms with Crippen molar-refractivity contribution in [1.82, 2.24) is 0 Å². The van der Waals surface area contributed by atoms with Gasteiger partial charge in [-0.15, -0.1) is 0 Å². The highest BCUT2D eigenvalue weighted by Gasteiger charge is 2.46. The molecular formula is C61H41N. The first-order valence-electron chi connectivity index (χ1n) is 21.5. The maximum Gasteiger partial charge on any atom is 0.0714 e. The molecule has 290 valence electrons. The molecule has 0 aliphatic heterocycles. The quantitative estimate of drug-likeness (QED) is 0.145. The Hall–Kier alpha value is -8.00. The number of hydrogen-bond acceptors (Lipinski definition) is 1. The van der Waals surface area contributed by atoms with Gasteiger partial charge in [0, 0.05) is 16.9 Å². The minimum absolute atomic E-state index is 0.526. The molecule has 0 N–H and O–H groups in total. The Bertz CT molecular complexity index is 3370. The maximum atomic E-state index is 2.49. The third-order valence-corrected chi connectivity index (χ3v) is 13.1. The van der Waals surface area contributed by atoms with Crippen LogP contribution in [0.15, 0.2) is 249 Å². The summed E-state index contributed by atoms with van der Waals surface area (Å²) in [5.41, 5.74) is 15.2. The van der Waals surface area contributed by atoms with Crippen molar-refractivity contribution in [1.29, 1.82) is 0 Å². The number of fused-ring (bicyclic) bond motifs is 9. The zero-order chi connectivity index (χ0) is 41.0. The van der Waals surface area contributed by atoms with Crippen molar-refractivity contribution in [2.45, 2.75) is 5.41 Å². The summed E-state index contributed by atoms with van der Waals surface area (Å²) < 4.78 is 0. The first-order chi connectivity index (χ1) is 30.8. The van der Waals surface area contributed by atoms with Crippen molar-refractivity contribution in [2.24, 2.45) is 0 Å². The number of hydrogen-bond donors (Lipinski definition) is 0. The van der Waals surface area contributed by atoms with E-state index < -0.39 is 5.41 Å². The van der Waals surface area contributed by atoms with E-state index >= 15 is 0 Å². The van der Waals surface area contributed by atoms with Crippen LogP contribution in [-0.4, -0.2) is 0 Å².